The molecule has 0 radical (unpaired) electrons. The summed E-state index contributed by atoms with van der Waals surface area (Å²) in [6, 6.07) is 22.1. The first-order valence-electron chi connectivity index (χ1n) is 10.3. The highest BCUT2D eigenvalue weighted by Crippen LogP contribution is 2.34. The number of nitrogens with zero attached hydrogens (tertiary/aromatic N) is 1. The van der Waals surface area contributed by atoms with Crippen LogP contribution >= 0.6 is 0 Å². The lowest BCUT2D eigenvalue weighted by atomic mass is 10.2. The van der Waals surface area contributed by atoms with Crippen molar-refractivity contribution in [2.45, 2.75) is 6.92 Å². The third kappa shape index (κ3) is 5.37. The molecule has 0 aliphatic carbocycles. The zero-order valence-corrected chi connectivity index (χ0v) is 17.7. The molecule has 1 N–H and O–H groups in total. The summed E-state index contributed by atoms with van der Waals surface area (Å²) in [7, 11) is 0. The van der Waals surface area contributed by atoms with Crippen molar-refractivity contribution < 1.29 is 23.8 Å². The fourth-order valence-corrected chi connectivity index (χ4v) is 3.28. The summed E-state index contributed by atoms with van der Waals surface area (Å²) in [6.07, 6.45) is 0. The number of benzene rings is 3. The standard InChI is InChI=1S/C25H24N2O5/c1-18-7-10-21(11-8-18)31-16-24(28)26-19-9-12-23-22(15-19)27(25(29)17-32-23)13-14-30-20-5-3-2-4-6-20/h2-12,15H,13-14,16-17H2,1H3,(H,26,28). The number of carbonyl (C=O) groups is 2. The summed E-state index contributed by atoms with van der Waals surface area (Å²) in [5, 5.41) is 2.80. The van der Waals surface area contributed by atoms with Gasteiger partial charge in [0.1, 0.15) is 23.9 Å². The first kappa shape index (κ1) is 21.2. The second-order valence-electron chi connectivity index (χ2n) is 7.33. The van der Waals surface area contributed by atoms with Crippen molar-refractivity contribution in [2.75, 3.05) is 36.6 Å². The molecule has 0 saturated carbocycles. The molecule has 2 amide bonds. The quantitative estimate of drug-likeness (QED) is 0.586. The lowest BCUT2D eigenvalue weighted by Gasteiger charge is -2.29. The summed E-state index contributed by atoms with van der Waals surface area (Å²) in [5.41, 5.74) is 2.26. The molecule has 0 spiro atoms. The number of ether oxygens (including phenoxy) is 3. The zero-order valence-electron chi connectivity index (χ0n) is 17.7. The van der Waals surface area contributed by atoms with Crippen LogP contribution in [0.2, 0.25) is 0 Å². The maximum Gasteiger partial charge on any atom is 0.265 e. The van der Waals surface area contributed by atoms with Gasteiger partial charge in [-0.15, -0.1) is 0 Å². The molecule has 1 aliphatic rings. The van der Waals surface area contributed by atoms with Crippen LogP contribution in [0.25, 0.3) is 0 Å². The Morgan fingerprint density at radius 2 is 1.75 bits per heavy atom. The van der Waals surface area contributed by atoms with E-state index in [1.165, 1.54) is 0 Å². The molecule has 0 aromatic heterocycles. The summed E-state index contributed by atoms with van der Waals surface area (Å²) < 4.78 is 16.8. The molecule has 7 heteroatoms. The molecule has 32 heavy (non-hydrogen) atoms. The number of nitrogens with one attached hydrogen (secondary N) is 1. The van der Waals surface area contributed by atoms with E-state index in [0.717, 1.165) is 11.3 Å². The highest BCUT2D eigenvalue weighted by molar-refractivity contribution is 5.99. The summed E-state index contributed by atoms with van der Waals surface area (Å²) in [5.74, 6) is 1.48. The summed E-state index contributed by atoms with van der Waals surface area (Å²) >= 11 is 0. The minimum absolute atomic E-state index is 0.0333. The van der Waals surface area contributed by atoms with E-state index in [4.69, 9.17) is 14.2 Å². The molecular formula is C25H24N2O5. The third-order valence-electron chi connectivity index (χ3n) is 4.90. The highest BCUT2D eigenvalue weighted by Gasteiger charge is 2.26. The summed E-state index contributed by atoms with van der Waals surface area (Å²) in [4.78, 5) is 26.4. The van der Waals surface area contributed by atoms with E-state index in [2.05, 4.69) is 5.32 Å². The van der Waals surface area contributed by atoms with Gasteiger partial charge >= 0.3 is 0 Å². The van der Waals surface area contributed by atoms with Crippen LogP contribution in [0.1, 0.15) is 5.56 Å². The van der Waals surface area contributed by atoms with Gasteiger partial charge in [-0.25, -0.2) is 0 Å². The number of aryl methyl sites for hydroxylation is 1. The van der Waals surface area contributed by atoms with E-state index in [1.54, 1.807) is 23.1 Å². The molecule has 4 rings (SSSR count). The third-order valence-corrected chi connectivity index (χ3v) is 4.90. The first-order chi connectivity index (χ1) is 15.6. The monoisotopic (exact) mass is 432 g/mol. The van der Waals surface area contributed by atoms with Gasteiger partial charge in [0, 0.05) is 5.69 Å². The van der Waals surface area contributed by atoms with Crippen LogP contribution in [-0.2, 0) is 9.59 Å². The van der Waals surface area contributed by atoms with Crippen molar-refractivity contribution in [2.24, 2.45) is 0 Å². The lowest BCUT2D eigenvalue weighted by Crippen LogP contribution is -2.41. The fraction of sp³-hybridized carbons (Fsp3) is 0.200. The Hall–Kier alpha value is -4.00. The second kappa shape index (κ2) is 9.87. The number of para-hydroxylation sites is 1. The Morgan fingerprint density at radius 3 is 2.53 bits per heavy atom. The Morgan fingerprint density at radius 1 is 1.00 bits per heavy atom. The Balaban J connectivity index is 1.38. The molecular weight excluding hydrogens is 408 g/mol. The van der Waals surface area contributed by atoms with E-state index in [9.17, 15) is 9.59 Å². The van der Waals surface area contributed by atoms with Gasteiger partial charge < -0.3 is 24.4 Å². The minimum atomic E-state index is -0.299. The van der Waals surface area contributed by atoms with Crippen molar-refractivity contribution >= 4 is 23.2 Å². The predicted octanol–water partition coefficient (Wildman–Crippen LogP) is 3.82. The van der Waals surface area contributed by atoms with Crippen LogP contribution < -0.4 is 24.4 Å². The van der Waals surface area contributed by atoms with Crippen LogP contribution in [0.15, 0.2) is 72.8 Å². The van der Waals surface area contributed by atoms with Gasteiger partial charge in [-0.2, -0.15) is 0 Å². The molecule has 3 aromatic rings. The van der Waals surface area contributed by atoms with Gasteiger partial charge in [0.05, 0.1) is 12.2 Å². The van der Waals surface area contributed by atoms with E-state index < -0.39 is 0 Å². The fourth-order valence-electron chi connectivity index (χ4n) is 3.28. The van der Waals surface area contributed by atoms with Crippen LogP contribution in [-0.4, -0.2) is 38.2 Å². The van der Waals surface area contributed by atoms with Crippen LogP contribution in [0.3, 0.4) is 0 Å². The highest BCUT2D eigenvalue weighted by atomic mass is 16.5. The van der Waals surface area contributed by atoms with E-state index in [-0.39, 0.29) is 25.0 Å². The van der Waals surface area contributed by atoms with Crippen molar-refractivity contribution in [3.8, 4) is 17.2 Å². The van der Waals surface area contributed by atoms with Gasteiger partial charge in [-0.1, -0.05) is 35.9 Å². The average molecular weight is 432 g/mol. The van der Waals surface area contributed by atoms with Gasteiger partial charge in [0.25, 0.3) is 11.8 Å². The number of carbonyl (C=O) groups excluding carboxylic acids is 2. The maximum absolute atomic E-state index is 12.5. The normalized spacial score (nSPS) is 12.5. The van der Waals surface area contributed by atoms with Gasteiger partial charge in [0.15, 0.2) is 13.2 Å². The Kier molecular flexibility index (Phi) is 6.55. The SMILES string of the molecule is Cc1ccc(OCC(=O)Nc2ccc3c(c2)N(CCOc2ccccc2)C(=O)CO3)cc1. The van der Waals surface area contributed by atoms with Crippen molar-refractivity contribution in [1.29, 1.82) is 0 Å². The predicted molar refractivity (Wildman–Crippen MR) is 122 cm³/mol. The smallest absolute Gasteiger partial charge is 0.265 e. The van der Waals surface area contributed by atoms with Gasteiger partial charge in [-0.3, -0.25) is 9.59 Å². The van der Waals surface area contributed by atoms with Crippen LogP contribution in [0, 0.1) is 6.92 Å². The van der Waals surface area contributed by atoms with Gasteiger partial charge in [-0.05, 0) is 49.4 Å². The van der Waals surface area contributed by atoms with Gasteiger partial charge in [0.2, 0.25) is 0 Å². The molecule has 1 heterocycles. The molecule has 0 bridgehead atoms. The molecule has 0 atom stereocenters. The number of amides is 2. The van der Waals surface area contributed by atoms with Crippen molar-refractivity contribution in [1.82, 2.24) is 0 Å². The minimum Gasteiger partial charge on any atom is -0.492 e. The first-order valence-corrected chi connectivity index (χ1v) is 10.3. The van der Waals surface area contributed by atoms with Crippen LogP contribution in [0.5, 0.6) is 17.2 Å². The molecule has 1 aliphatic heterocycles. The average Bonchev–Trinajstić information content (AvgIpc) is 2.81. The Labute approximate surface area is 186 Å². The largest absolute Gasteiger partial charge is 0.492 e. The molecule has 7 nitrogen and oxygen atoms in total. The number of anilines is 2. The van der Waals surface area contributed by atoms with Crippen molar-refractivity contribution in [3.63, 3.8) is 0 Å². The zero-order chi connectivity index (χ0) is 22.3. The van der Waals surface area contributed by atoms with E-state index in [1.807, 2.05) is 61.5 Å². The number of hydrogen-bond acceptors (Lipinski definition) is 5. The number of fused-ring (bicyclic) bond motifs is 1. The topological polar surface area (TPSA) is 77.1 Å². The number of rotatable bonds is 8. The van der Waals surface area contributed by atoms with E-state index >= 15 is 0 Å². The molecule has 3 aromatic carbocycles. The Bertz CT molecular complexity index is 1080. The van der Waals surface area contributed by atoms with Crippen LogP contribution in [0.4, 0.5) is 11.4 Å². The second-order valence-corrected chi connectivity index (χ2v) is 7.33. The molecule has 0 saturated heterocycles. The maximum atomic E-state index is 12.5. The molecule has 0 unspecified atom stereocenters. The van der Waals surface area contributed by atoms with E-state index in [0.29, 0.717) is 36.0 Å². The number of hydrogen-bond donors (Lipinski definition) is 1. The molecule has 164 valence electrons. The lowest BCUT2D eigenvalue weighted by molar-refractivity contribution is -0.121. The summed E-state index contributed by atoms with van der Waals surface area (Å²) in [6.45, 7) is 2.52. The molecule has 0 fully saturated rings. The van der Waals surface area contributed by atoms with Crippen molar-refractivity contribution in [3.05, 3.63) is 78.4 Å².